The molecule has 27 heavy (non-hydrogen) atoms. The Balaban J connectivity index is 1.67. The number of hydrogen-bond donors (Lipinski definition) is 1. The van der Waals surface area contributed by atoms with Gasteiger partial charge in [-0.25, -0.2) is 4.98 Å². The van der Waals surface area contributed by atoms with E-state index >= 15 is 0 Å². The monoisotopic (exact) mass is 410 g/mol. The van der Waals surface area contributed by atoms with E-state index in [9.17, 15) is 18.0 Å². The number of aromatic amines is 1. The van der Waals surface area contributed by atoms with Crippen LogP contribution < -0.4 is 5.56 Å². The zero-order valence-corrected chi connectivity index (χ0v) is 15.0. The second-order valence-electron chi connectivity index (χ2n) is 5.72. The van der Waals surface area contributed by atoms with Gasteiger partial charge in [-0.3, -0.25) is 4.79 Å². The molecule has 138 valence electrons. The first-order chi connectivity index (χ1) is 12.8. The van der Waals surface area contributed by atoms with Gasteiger partial charge in [-0.05, 0) is 30.3 Å². The van der Waals surface area contributed by atoms with Crippen LogP contribution in [0.1, 0.15) is 11.4 Å². The summed E-state index contributed by atoms with van der Waals surface area (Å²) in [6.07, 6.45) is -4.53. The second kappa shape index (κ2) is 6.61. The van der Waals surface area contributed by atoms with Crippen LogP contribution in [0.3, 0.4) is 0 Å². The first-order valence-corrected chi connectivity index (χ1v) is 9.09. The van der Waals surface area contributed by atoms with E-state index in [1.165, 1.54) is 12.1 Å². The van der Waals surface area contributed by atoms with Crippen LogP contribution in [0.25, 0.3) is 22.1 Å². The fraction of sp³-hybridized carbons (Fsp3) is 0.111. The first kappa shape index (κ1) is 17.9. The molecule has 2 aromatic carbocycles. The third kappa shape index (κ3) is 3.42. The van der Waals surface area contributed by atoms with Crippen LogP contribution in [-0.4, -0.2) is 9.97 Å². The fourth-order valence-corrected chi connectivity index (χ4v) is 3.71. The molecule has 0 amide bonds. The molecule has 0 unspecified atom stereocenters. The summed E-state index contributed by atoms with van der Waals surface area (Å²) in [4.78, 5) is 19.6. The molecule has 9 heteroatoms. The lowest BCUT2D eigenvalue weighted by atomic mass is 10.2. The average Bonchev–Trinajstić information content (AvgIpc) is 2.99. The Labute approximate surface area is 159 Å². The predicted octanol–water partition coefficient (Wildman–Crippen LogP) is 5.63. The van der Waals surface area contributed by atoms with E-state index in [1.54, 1.807) is 24.3 Å². The molecule has 0 saturated heterocycles. The summed E-state index contributed by atoms with van der Waals surface area (Å²) in [5.41, 5.74) is -0.235. The molecule has 0 saturated carbocycles. The van der Waals surface area contributed by atoms with Gasteiger partial charge >= 0.3 is 6.18 Å². The van der Waals surface area contributed by atoms with Crippen molar-refractivity contribution in [3.8, 4) is 0 Å². The summed E-state index contributed by atoms with van der Waals surface area (Å²) in [5, 5.41) is 0.348. The minimum atomic E-state index is -4.53. The third-order valence-corrected chi connectivity index (χ3v) is 5.23. The van der Waals surface area contributed by atoms with Crippen LogP contribution in [0.5, 0.6) is 0 Å². The topological polar surface area (TPSA) is 58.9 Å². The molecule has 2 heterocycles. The van der Waals surface area contributed by atoms with Crippen molar-refractivity contribution < 1.29 is 17.6 Å². The number of halogens is 4. The lowest BCUT2D eigenvalue weighted by molar-refractivity contribution is -0.137. The van der Waals surface area contributed by atoms with Gasteiger partial charge in [0.15, 0.2) is 0 Å². The highest BCUT2D eigenvalue weighted by molar-refractivity contribution is 7.98. The molecule has 4 nitrogen and oxygen atoms in total. The van der Waals surface area contributed by atoms with Gasteiger partial charge in [0.25, 0.3) is 5.56 Å². The standard InChI is InChI=1S/C18H10ClF3N2O2S/c19-12-6-5-9(7-11(12)18(20,21)22)27-8-14-23-15-10-3-1-2-4-13(10)26-16(15)17(25)24-14/h1-7H,8H2,(H,23,24,25). The minimum Gasteiger partial charge on any atom is -0.449 e. The molecule has 4 aromatic rings. The molecule has 1 N–H and O–H groups in total. The molecule has 4 rings (SSSR count). The summed E-state index contributed by atoms with van der Waals surface area (Å²) < 4.78 is 44.4. The van der Waals surface area contributed by atoms with E-state index in [-0.39, 0.29) is 16.4 Å². The summed E-state index contributed by atoms with van der Waals surface area (Å²) in [6.45, 7) is 0. The summed E-state index contributed by atoms with van der Waals surface area (Å²) in [7, 11) is 0. The molecule has 0 radical (unpaired) electrons. The van der Waals surface area contributed by atoms with Crippen LogP contribution in [0.2, 0.25) is 5.02 Å². The number of rotatable bonds is 3. The van der Waals surface area contributed by atoms with Crippen LogP contribution in [0, 0.1) is 0 Å². The van der Waals surface area contributed by atoms with Crippen LogP contribution in [0.4, 0.5) is 13.2 Å². The van der Waals surface area contributed by atoms with E-state index < -0.39 is 17.3 Å². The van der Waals surface area contributed by atoms with Crippen molar-refractivity contribution in [2.45, 2.75) is 16.8 Å². The molecule has 0 atom stereocenters. The number of alkyl halides is 3. The Morgan fingerprint density at radius 2 is 1.96 bits per heavy atom. The molecule has 0 aliphatic carbocycles. The van der Waals surface area contributed by atoms with E-state index in [2.05, 4.69) is 9.97 Å². The van der Waals surface area contributed by atoms with E-state index in [0.717, 1.165) is 17.8 Å². The zero-order chi connectivity index (χ0) is 19.2. The minimum absolute atomic E-state index is 0.121. The second-order valence-corrected chi connectivity index (χ2v) is 7.17. The summed E-state index contributed by atoms with van der Waals surface area (Å²) in [6, 6.07) is 10.8. The number of aromatic nitrogens is 2. The zero-order valence-electron chi connectivity index (χ0n) is 13.4. The first-order valence-electron chi connectivity index (χ1n) is 7.73. The molecule has 0 aliphatic rings. The van der Waals surface area contributed by atoms with Gasteiger partial charge in [-0.1, -0.05) is 23.7 Å². The van der Waals surface area contributed by atoms with Crippen LogP contribution >= 0.6 is 23.4 Å². The Morgan fingerprint density at radius 3 is 2.74 bits per heavy atom. The predicted molar refractivity (Wildman–Crippen MR) is 98.2 cm³/mol. The number of H-pyrrole nitrogens is 1. The van der Waals surface area contributed by atoms with Gasteiger partial charge in [-0.15, -0.1) is 11.8 Å². The van der Waals surface area contributed by atoms with Crippen molar-refractivity contribution in [2.24, 2.45) is 0 Å². The number of fused-ring (bicyclic) bond motifs is 3. The largest absolute Gasteiger partial charge is 0.449 e. The Kier molecular flexibility index (Phi) is 4.39. The number of para-hydroxylation sites is 1. The van der Waals surface area contributed by atoms with Gasteiger partial charge in [-0.2, -0.15) is 13.2 Å². The van der Waals surface area contributed by atoms with Crippen molar-refractivity contribution in [3.05, 3.63) is 69.2 Å². The maximum Gasteiger partial charge on any atom is 0.417 e. The summed E-state index contributed by atoms with van der Waals surface area (Å²) >= 11 is 6.74. The Morgan fingerprint density at radius 1 is 1.19 bits per heavy atom. The van der Waals surface area contributed by atoms with Gasteiger partial charge in [0.05, 0.1) is 16.3 Å². The van der Waals surface area contributed by atoms with Gasteiger partial charge in [0.2, 0.25) is 5.58 Å². The van der Waals surface area contributed by atoms with Gasteiger partial charge in [0.1, 0.15) is 16.9 Å². The van der Waals surface area contributed by atoms with Crippen LogP contribution in [0.15, 0.2) is 56.6 Å². The average molecular weight is 411 g/mol. The molecular weight excluding hydrogens is 401 g/mol. The maximum absolute atomic E-state index is 13.0. The highest BCUT2D eigenvalue weighted by Gasteiger charge is 2.33. The molecule has 0 spiro atoms. The number of nitrogens with zero attached hydrogens (tertiary/aromatic N) is 1. The number of furan rings is 1. The SMILES string of the molecule is O=c1[nH]c(CSc2ccc(Cl)c(C(F)(F)F)c2)nc2c1oc1ccccc12. The third-order valence-electron chi connectivity index (χ3n) is 3.90. The number of thioether (sulfide) groups is 1. The van der Waals surface area contributed by atoms with Crippen LogP contribution in [-0.2, 0) is 11.9 Å². The number of benzene rings is 2. The fourth-order valence-electron chi connectivity index (χ4n) is 2.68. The van der Waals surface area contributed by atoms with Crippen molar-refractivity contribution in [2.75, 3.05) is 0 Å². The van der Waals surface area contributed by atoms with Crippen molar-refractivity contribution in [3.63, 3.8) is 0 Å². The van der Waals surface area contributed by atoms with Gasteiger partial charge in [0, 0.05) is 10.3 Å². The molecule has 0 bridgehead atoms. The van der Waals surface area contributed by atoms with Gasteiger partial charge < -0.3 is 9.40 Å². The molecular formula is C18H10ClF3N2O2S. The normalized spacial score (nSPS) is 12.1. The summed E-state index contributed by atoms with van der Waals surface area (Å²) in [5.74, 6) is 0.524. The van der Waals surface area contributed by atoms with E-state index in [0.29, 0.717) is 27.2 Å². The van der Waals surface area contributed by atoms with Crippen molar-refractivity contribution >= 4 is 45.4 Å². The number of hydrogen-bond acceptors (Lipinski definition) is 4. The van der Waals surface area contributed by atoms with E-state index in [4.69, 9.17) is 16.0 Å². The lowest BCUT2D eigenvalue weighted by Gasteiger charge is -2.10. The Bertz CT molecular complexity index is 1220. The lowest BCUT2D eigenvalue weighted by Crippen LogP contribution is -2.10. The van der Waals surface area contributed by atoms with Crippen molar-refractivity contribution in [1.82, 2.24) is 9.97 Å². The highest BCUT2D eigenvalue weighted by Crippen LogP contribution is 2.37. The highest BCUT2D eigenvalue weighted by atomic mass is 35.5. The molecule has 0 fully saturated rings. The molecule has 0 aliphatic heterocycles. The Hall–Kier alpha value is -2.45. The number of nitrogens with one attached hydrogen (secondary N) is 1. The van der Waals surface area contributed by atoms with E-state index in [1.807, 2.05) is 0 Å². The quantitative estimate of drug-likeness (QED) is 0.444. The van der Waals surface area contributed by atoms with Crippen molar-refractivity contribution in [1.29, 1.82) is 0 Å². The molecule has 2 aromatic heterocycles. The smallest absolute Gasteiger partial charge is 0.417 e. The maximum atomic E-state index is 13.0.